The Kier molecular flexibility index (Phi) is 13.7. The molecular weight excluding hydrogens is 612 g/mol. The van der Waals surface area contributed by atoms with Gasteiger partial charge >= 0.3 is 26.8 Å². The molecule has 0 bridgehead atoms. The lowest BCUT2D eigenvalue weighted by Gasteiger charge is -2.62. The molecule has 0 aliphatic heterocycles. The third-order valence-electron chi connectivity index (χ3n) is 10.7. The summed E-state index contributed by atoms with van der Waals surface area (Å²) in [5, 5.41) is 9.17. The first kappa shape index (κ1) is 39.3. The largest absolute Gasteiger partial charge is 0.481 e. The lowest BCUT2D eigenvalue weighted by molar-refractivity contribution is -0.166. The second-order valence-electron chi connectivity index (χ2n) is 15.0. The fraction of sp³-hybridized carbons (Fsp3) is 0.967. The van der Waals surface area contributed by atoms with Crippen LogP contribution in [0.15, 0.2) is 0 Å². The molecule has 3 N–H and O–H groups in total. The molecular formula is C30H58N2O10S2. The summed E-state index contributed by atoms with van der Waals surface area (Å²) in [5.41, 5.74) is -0.244. The van der Waals surface area contributed by atoms with Crippen LogP contribution < -0.4 is 0 Å². The maximum atomic E-state index is 11.9. The van der Waals surface area contributed by atoms with Crippen LogP contribution in [-0.4, -0.2) is 101 Å². The number of carboxylic acid groups (broad SMARTS) is 1. The van der Waals surface area contributed by atoms with Gasteiger partial charge in [-0.1, -0.05) is 20.8 Å². The molecule has 0 aromatic rings. The molecule has 0 saturated heterocycles. The predicted molar refractivity (Wildman–Crippen MR) is 169 cm³/mol. The fourth-order valence-corrected chi connectivity index (χ4v) is 10.2. The standard InChI is InChI=1S/C24H40O10S2.2C3H9N/c1-14(4-7-21(25)26)17-5-6-18-22-19(9-11-24(17,18)3)23(2)10-8-16(33-35(27,28)29)12-15(23)13-20(22)34-36(30,31)32;2*1-4(2)3/h14-20,22H,4-13H2,1-3H3,(H,25,26)(H,27,28,29)(H,30,31,32);2*1-3H3/t14-,15?,16+,17-,18+,19+,20+,22+,23+,24-;;/m1../s1. The van der Waals surface area contributed by atoms with Crippen molar-refractivity contribution >= 4 is 26.8 Å². The SMILES string of the molecule is CN(C)C.CN(C)C.C[C@H](CCC(=O)O)[C@H]1CC[C@H]2[C@@H]3[C@@H](OS(=O)(=O)O)CC4C[C@@H](OS(=O)(=O)O)CC[C@]4(C)[C@H]3CC[C@]12C. The Morgan fingerprint density at radius 2 is 1.32 bits per heavy atom. The van der Waals surface area contributed by atoms with Crippen molar-refractivity contribution in [3.05, 3.63) is 0 Å². The van der Waals surface area contributed by atoms with Crippen molar-refractivity contribution in [3.63, 3.8) is 0 Å². The summed E-state index contributed by atoms with van der Waals surface area (Å²) in [4.78, 5) is 15.2. The highest BCUT2D eigenvalue weighted by atomic mass is 32.3. The van der Waals surface area contributed by atoms with Gasteiger partial charge in [0.2, 0.25) is 0 Å². The Morgan fingerprint density at radius 1 is 0.818 bits per heavy atom. The maximum Gasteiger partial charge on any atom is 0.397 e. The molecule has 0 aromatic heterocycles. The lowest BCUT2D eigenvalue weighted by atomic mass is 9.43. The van der Waals surface area contributed by atoms with Gasteiger partial charge in [0.05, 0.1) is 12.2 Å². The minimum atomic E-state index is -4.70. The summed E-state index contributed by atoms with van der Waals surface area (Å²) >= 11 is 0. The number of rotatable bonds is 8. The van der Waals surface area contributed by atoms with Gasteiger partial charge in [-0.3, -0.25) is 13.9 Å². The van der Waals surface area contributed by atoms with E-state index in [1.807, 2.05) is 52.1 Å². The summed E-state index contributed by atoms with van der Waals surface area (Å²) in [6.45, 7) is 6.58. The third-order valence-corrected chi connectivity index (χ3v) is 11.7. The number of hydrogen-bond donors (Lipinski definition) is 3. The number of fused-ring (bicyclic) bond motifs is 5. The van der Waals surface area contributed by atoms with Crippen LogP contribution in [0.1, 0.15) is 85.0 Å². The first-order valence-corrected chi connectivity index (χ1v) is 18.5. The molecule has 4 saturated carbocycles. The summed E-state index contributed by atoms with van der Waals surface area (Å²) in [5.74, 6) is -0.0748. The van der Waals surface area contributed by atoms with Gasteiger partial charge in [-0.05, 0) is 146 Å². The highest BCUT2D eigenvalue weighted by Gasteiger charge is 2.64. The molecule has 14 heteroatoms. The average Bonchev–Trinajstić information content (AvgIpc) is 3.18. The number of aliphatic carboxylic acids is 1. The van der Waals surface area contributed by atoms with Gasteiger partial charge in [0.1, 0.15) is 0 Å². The topological polar surface area (TPSA) is 171 Å². The van der Waals surface area contributed by atoms with E-state index in [1.165, 1.54) is 0 Å². The van der Waals surface area contributed by atoms with E-state index in [0.717, 1.165) is 25.7 Å². The van der Waals surface area contributed by atoms with Crippen molar-refractivity contribution in [3.8, 4) is 0 Å². The van der Waals surface area contributed by atoms with Gasteiger partial charge in [-0.25, -0.2) is 8.37 Å². The molecule has 4 aliphatic rings. The number of hydrogen-bond acceptors (Lipinski definition) is 9. The van der Waals surface area contributed by atoms with Crippen molar-refractivity contribution in [1.82, 2.24) is 9.80 Å². The van der Waals surface area contributed by atoms with Gasteiger partial charge in [0.25, 0.3) is 0 Å². The van der Waals surface area contributed by atoms with Crippen LogP contribution in [0.2, 0.25) is 0 Å². The van der Waals surface area contributed by atoms with Crippen LogP contribution in [0.3, 0.4) is 0 Å². The van der Waals surface area contributed by atoms with E-state index >= 15 is 0 Å². The molecule has 0 radical (unpaired) electrons. The minimum Gasteiger partial charge on any atom is -0.481 e. The number of nitrogens with zero attached hydrogens (tertiary/aromatic N) is 2. The van der Waals surface area contributed by atoms with Gasteiger partial charge in [0, 0.05) is 6.42 Å². The van der Waals surface area contributed by atoms with E-state index < -0.39 is 39.0 Å². The number of carboxylic acids is 1. The summed E-state index contributed by atoms with van der Waals surface area (Å²) < 4.78 is 75.5. The Balaban J connectivity index is 0.000000754. The molecule has 0 heterocycles. The van der Waals surface area contributed by atoms with Gasteiger partial charge in [0.15, 0.2) is 0 Å². The zero-order chi connectivity index (χ0) is 33.8. The van der Waals surface area contributed by atoms with Crippen molar-refractivity contribution < 1.29 is 44.2 Å². The van der Waals surface area contributed by atoms with Gasteiger partial charge in [-0.2, -0.15) is 16.8 Å². The third kappa shape index (κ3) is 10.6. The van der Waals surface area contributed by atoms with Crippen molar-refractivity contribution in [2.24, 2.45) is 46.3 Å². The molecule has 0 aromatic carbocycles. The monoisotopic (exact) mass is 670 g/mol. The van der Waals surface area contributed by atoms with Crippen LogP contribution in [0.4, 0.5) is 0 Å². The molecule has 44 heavy (non-hydrogen) atoms. The van der Waals surface area contributed by atoms with E-state index in [0.29, 0.717) is 38.0 Å². The molecule has 12 nitrogen and oxygen atoms in total. The van der Waals surface area contributed by atoms with Gasteiger partial charge in [-0.15, -0.1) is 0 Å². The number of carbonyl (C=O) groups is 1. The Hall–Kier alpha value is -0.870. The second kappa shape index (κ2) is 15.4. The van der Waals surface area contributed by atoms with E-state index in [-0.39, 0.29) is 46.8 Å². The quantitative estimate of drug-likeness (QED) is 0.310. The molecule has 10 atom stereocenters. The Bertz CT molecular complexity index is 1150. The first-order valence-electron chi connectivity index (χ1n) is 15.7. The van der Waals surface area contributed by atoms with Crippen LogP contribution in [0.25, 0.3) is 0 Å². The minimum absolute atomic E-state index is 0.0750. The Morgan fingerprint density at radius 3 is 1.82 bits per heavy atom. The highest BCUT2D eigenvalue weighted by molar-refractivity contribution is 7.81. The zero-order valence-corrected chi connectivity index (χ0v) is 29.7. The smallest absolute Gasteiger partial charge is 0.397 e. The summed E-state index contributed by atoms with van der Waals surface area (Å²) in [6, 6.07) is 0. The molecule has 4 aliphatic carbocycles. The van der Waals surface area contributed by atoms with Crippen molar-refractivity contribution in [2.75, 3.05) is 42.3 Å². The Labute approximate surface area is 266 Å². The zero-order valence-electron chi connectivity index (χ0n) is 28.1. The van der Waals surface area contributed by atoms with E-state index in [2.05, 4.69) is 20.8 Å². The van der Waals surface area contributed by atoms with E-state index in [1.54, 1.807) is 0 Å². The highest BCUT2D eigenvalue weighted by Crippen LogP contribution is 2.69. The van der Waals surface area contributed by atoms with Crippen molar-refractivity contribution in [2.45, 2.75) is 97.2 Å². The molecule has 4 rings (SSSR count). The van der Waals surface area contributed by atoms with Gasteiger partial charge < -0.3 is 14.9 Å². The summed E-state index contributed by atoms with van der Waals surface area (Å²) in [7, 11) is 2.70. The molecule has 0 amide bonds. The van der Waals surface area contributed by atoms with Crippen LogP contribution in [0, 0.1) is 46.3 Å². The van der Waals surface area contributed by atoms with Crippen LogP contribution >= 0.6 is 0 Å². The predicted octanol–water partition coefficient (Wildman–Crippen LogP) is 4.49. The van der Waals surface area contributed by atoms with Crippen LogP contribution in [0.5, 0.6) is 0 Å². The second-order valence-corrected chi connectivity index (χ2v) is 17.1. The first-order chi connectivity index (χ1) is 20.0. The molecule has 260 valence electrons. The molecule has 0 spiro atoms. The van der Waals surface area contributed by atoms with Crippen LogP contribution in [-0.2, 0) is 34.0 Å². The summed E-state index contributed by atoms with van der Waals surface area (Å²) in [6.07, 6.45) is 4.89. The van der Waals surface area contributed by atoms with E-state index in [9.17, 15) is 30.7 Å². The molecule has 1 unspecified atom stereocenters. The maximum absolute atomic E-state index is 11.9. The lowest BCUT2D eigenvalue weighted by Crippen LogP contribution is -2.59. The molecule has 4 fully saturated rings. The fourth-order valence-electron chi connectivity index (χ4n) is 9.20. The normalized spacial score (nSPS) is 37.4. The average molecular weight is 671 g/mol. The van der Waals surface area contributed by atoms with E-state index in [4.69, 9.17) is 13.5 Å². The van der Waals surface area contributed by atoms with Crippen molar-refractivity contribution in [1.29, 1.82) is 0 Å².